The highest BCUT2D eigenvalue weighted by atomic mass is 32.2. The van der Waals surface area contributed by atoms with Gasteiger partial charge in [0, 0.05) is 5.92 Å². The molecule has 20 heavy (non-hydrogen) atoms. The number of carbonyl (C=O) groups excluding carboxylic acids is 1. The van der Waals surface area contributed by atoms with Crippen molar-refractivity contribution in [2.45, 2.75) is 33.1 Å². The van der Waals surface area contributed by atoms with Crippen LogP contribution >= 0.6 is 11.8 Å². The Morgan fingerprint density at radius 2 is 2.15 bits per heavy atom. The molecular formula is C13H23O5S2+. The standard InChI is InChI=1S/C13H22O5S2/c1-10(2)12(14)8-11(4-3-7-20(15,16)17)13-9-18-5-6-19-13/h10-11H,3-9H2,1-2H3/p+1. The zero-order chi connectivity index (χ0) is 15.2. The third kappa shape index (κ3) is 6.97. The highest BCUT2D eigenvalue weighted by Gasteiger charge is 2.38. The quantitative estimate of drug-likeness (QED) is 0.545. The third-order valence-electron chi connectivity index (χ3n) is 3.26. The van der Waals surface area contributed by atoms with Crippen LogP contribution in [-0.2, 0) is 19.6 Å². The van der Waals surface area contributed by atoms with Crippen molar-refractivity contribution in [3.05, 3.63) is 5.25 Å². The number of carbonyl (C=O) groups is 1. The summed E-state index contributed by atoms with van der Waals surface area (Å²) in [4.78, 5) is 11.9. The van der Waals surface area contributed by atoms with Crippen LogP contribution in [0.4, 0.5) is 0 Å². The van der Waals surface area contributed by atoms with Crippen LogP contribution in [0.5, 0.6) is 0 Å². The fourth-order valence-electron chi connectivity index (χ4n) is 2.05. The van der Waals surface area contributed by atoms with Crippen LogP contribution in [0, 0.1) is 17.1 Å². The minimum atomic E-state index is -3.93. The molecule has 1 saturated heterocycles. The smallest absolute Gasteiger partial charge is 0.264 e. The van der Waals surface area contributed by atoms with Gasteiger partial charge in [0.2, 0.25) is 6.61 Å². The predicted molar refractivity (Wildman–Crippen MR) is 80.1 cm³/mol. The van der Waals surface area contributed by atoms with Crippen LogP contribution in [0.3, 0.4) is 0 Å². The van der Waals surface area contributed by atoms with Gasteiger partial charge in [0.25, 0.3) is 10.1 Å². The van der Waals surface area contributed by atoms with Crippen LogP contribution in [-0.4, -0.2) is 43.5 Å². The largest absolute Gasteiger partial charge is 0.338 e. The second-order valence-corrected chi connectivity index (χ2v) is 8.11. The predicted octanol–water partition coefficient (Wildman–Crippen LogP) is 2.18. The van der Waals surface area contributed by atoms with Gasteiger partial charge in [-0.25, -0.2) is 0 Å². The highest BCUT2D eigenvalue weighted by molar-refractivity contribution is 8.02. The molecule has 1 unspecified atom stereocenters. The van der Waals surface area contributed by atoms with Gasteiger partial charge in [0.05, 0.1) is 36.3 Å². The molecule has 0 saturated carbocycles. The SMILES string of the molecule is CC(C)C(=O)CC(CCCS(=O)(=O)O)[C+]1COCCS1. The Morgan fingerprint density at radius 3 is 2.65 bits per heavy atom. The molecule has 1 aliphatic heterocycles. The maximum atomic E-state index is 11.9. The Hall–Kier alpha value is -0.240. The molecule has 7 heteroatoms. The zero-order valence-corrected chi connectivity index (χ0v) is 13.6. The molecule has 0 amide bonds. The number of hydrogen-bond donors (Lipinski definition) is 1. The molecule has 0 aromatic heterocycles. The molecule has 0 bridgehead atoms. The van der Waals surface area contributed by atoms with Gasteiger partial charge in [-0.15, -0.1) is 0 Å². The Labute approximate surface area is 125 Å². The van der Waals surface area contributed by atoms with Crippen molar-refractivity contribution >= 4 is 27.7 Å². The molecule has 1 heterocycles. The molecule has 0 aromatic carbocycles. The van der Waals surface area contributed by atoms with Gasteiger partial charge < -0.3 is 4.74 Å². The number of Topliss-reactive ketones (excluding diaryl/α,β-unsaturated/α-hetero) is 1. The lowest BCUT2D eigenvalue weighted by molar-refractivity contribution is -0.122. The lowest BCUT2D eigenvalue weighted by Gasteiger charge is -2.19. The van der Waals surface area contributed by atoms with Crippen molar-refractivity contribution in [1.29, 1.82) is 0 Å². The number of ketones is 1. The molecule has 0 radical (unpaired) electrons. The van der Waals surface area contributed by atoms with Crippen molar-refractivity contribution in [3.8, 4) is 0 Å². The van der Waals surface area contributed by atoms with Gasteiger partial charge in [-0.1, -0.05) is 13.8 Å². The lowest BCUT2D eigenvalue weighted by Crippen LogP contribution is -2.25. The van der Waals surface area contributed by atoms with Crippen molar-refractivity contribution in [2.24, 2.45) is 11.8 Å². The Balaban J connectivity index is 2.56. The van der Waals surface area contributed by atoms with E-state index in [1.54, 1.807) is 11.8 Å². The van der Waals surface area contributed by atoms with Gasteiger partial charge >= 0.3 is 0 Å². The summed E-state index contributed by atoms with van der Waals surface area (Å²) in [6.07, 6.45) is 1.37. The maximum absolute atomic E-state index is 11.9. The topological polar surface area (TPSA) is 80.7 Å². The van der Waals surface area contributed by atoms with E-state index < -0.39 is 10.1 Å². The Kier molecular flexibility index (Phi) is 7.36. The summed E-state index contributed by atoms with van der Waals surface area (Å²) in [6.45, 7) is 4.98. The van der Waals surface area contributed by atoms with Crippen LogP contribution in [0.15, 0.2) is 0 Å². The van der Waals surface area contributed by atoms with Crippen LogP contribution in [0.2, 0.25) is 0 Å². The van der Waals surface area contributed by atoms with E-state index in [9.17, 15) is 13.2 Å². The molecule has 0 aromatic rings. The third-order valence-corrected chi connectivity index (χ3v) is 5.26. The van der Waals surface area contributed by atoms with Gasteiger partial charge in [-0.05, 0) is 12.8 Å². The molecule has 0 aliphatic carbocycles. The zero-order valence-electron chi connectivity index (χ0n) is 12.0. The summed E-state index contributed by atoms with van der Waals surface area (Å²) in [5.41, 5.74) is 0. The summed E-state index contributed by atoms with van der Waals surface area (Å²) >= 11 is 1.71. The number of hydrogen-bond acceptors (Lipinski definition) is 5. The van der Waals surface area contributed by atoms with Crippen molar-refractivity contribution < 1.29 is 22.5 Å². The first-order valence-corrected chi connectivity index (χ1v) is 9.43. The summed E-state index contributed by atoms with van der Waals surface area (Å²) in [7, 11) is -3.93. The molecule has 1 aliphatic rings. The Bertz CT molecular complexity index is 399. The van der Waals surface area contributed by atoms with Crippen LogP contribution < -0.4 is 0 Å². The molecule has 1 fully saturated rings. The fraction of sp³-hybridized carbons (Fsp3) is 0.846. The van der Waals surface area contributed by atoms with E-state index in [0.717, 1.165) is 11.0 Å². The first-order valence-electron chi connectivity index (χ1n) is 6.83. The van der Waals surface area contributed by atoms with E-state index >= 15 is 0 Å². The minimum absolute atomic E-state index is 0.0193. The number of rotatable bonds is 8. The van der Waals surface area contributed by atoms with E-state index in [1.165, 1.54) is 0 Å². The van der Waals surface area contributed by atoms with Gasteiger partial charge in [0.1, 0.15) is 11.7 Å². The summed E-state index contributed by atoms with van der Waals surface area (Å²) in [5.74, 6) is 0.824. The Morgan fingerprint density at radius 1 is 1.45 bits per heavy atom. The monoisotopic (exact) mass is 323 g/mol. The lowest BCUT2D eigenvalue weighted by atomic mass is 9.90. The molecule has 5 nitrogen and oxygen atoms in total. The van der Waals surface area contributed by atoms with Crippen molar-refractivity contribution in [2.75, 3.05) is 24.7 Å². The molecule has 116 valence electrons. The molecular weight excluding hydrogens is 300 g/mol. The second kappa shape index (κ2) is 8.26. The first-order chi connectivity index (χ1) is 9.29. The van der Waals surface area contributed by atoms with E-state index in [1.807, 2.05) is 13.8 Å². The number of ether oxygens (including phenoxy) is 1. The average Bonchev–Trinajstić information content (AvgIpc) is 2.37. The molecule has 1 N–H and O–H groups in total. The van der Waals surface area contributed by atoms with Gasteiger partial charge in [0.15, 0.2) is 5.25 Å². The van der Waals surface area contributed by atoms with E-state index in [4.69, 9.17) is 9.29 Å². The number of thioether (sulfide) groups is 1. The average molecular weight is 323 g/mol. The van der Waals surface area contributed by atoms with Crippen molar-refractivity contribution in [1.82, 2.24) is 0 Å². The molecule has 1 atom stereocenters. The van der Waals surface area contributed by atoms with E-state index in [0.29, 0.717) is 32.5 Å². The summed E-state index contributed by atoms with van der Waals surface area (Å²) in [5, 5.41) is 1.13. The van der Waals surface area contributed by atoms with Crippen LogP contribution in [0.25, 0.3) is 0 Å². The highest BCUT2D eigenvalue weighted by Crippen LogP contribution is 2.36. The molecule has 0 spiro atoms. The molecule has 1 rings (SSSR count). The van der Waals surface area contributed by atoms with Gasteiger partial charge in [-0.3, -0.25) is 9.35 Å². The van der Waals surface area contributed by atoms with E-state index in [-0.39, 0.29) is 23.4 Å². The first kappa shape index (κ1) is 17.8. The van der Waals surface area contributed by atoms with Crippen LogP contribution in [0.1, 0.15) is 33.1 Å². The summed E-state index contributed by atoms with van der Waals surface area (Å²) in [6, 6.07) is 0. The normalized spacial score (nSPS) is 18.3. The minimum Gasteiger partial charge on any atom is -0.338 e. The summed E-state index contributed by atoms with van der Waals surface area (Å²) < 4.78 is 35.7. The second-order valence-electron chi connectivity index (χ2n) is 5.32. The van der Waals surface area contributed by atoms with Gasteiger partial charge in [-0.2, -0.15) is 8.42 Å². The van der Waals surface area contributed by atoms with E-state index in [2.05, 4.69) is 0 Å². The fourth-order valence-corrected chi connectivity index (χ4v) is 3.65. The maximum Gasteiger partial charge on any atom is 0.264 e. The van der Waals surface area contributed by atoms with Crippen molar-refractivity contribution in [3.63, 3.8) is 0 Å².